The second-order valence-electron chi connectivity index (χ2n) is 11.9. The van der Waals surface area contributed by atoms with Crippen molar-refractivity contribution in [3.63, 3.8) is 0 Å². The average molecular weight is 538 g/mol. The van der Waals surface area contributed by atoms with Gasteiger partial charge in [-0.25, -0.2) is 9.97 Å². The van der Waals surface area contributed by atoms with Crippen LogP contribution in [0.3, 0.4) is 0 Å². The van der Waals surface area contributed by atoms with E-state index in [1.165, 1.54) is 49.4 Å². The summed E-state index contributed by atoms with van der Waals surface area (Å²) < 4.78 is 2.48. The Balaban J connectivity index is 1.45. The van der Waals surface area contributed by atoms with Gasteiger partial charge in [0.05, 0.1) is 27.9 Å². The number of rotatable bonds is 2. The molecule has 1 aliphatic heterocycles. The lowest BCUT2D eigenvalue weighted by Gasteiger charge is -2.35. The fraction of sp³-hybridized carbons (Fsp3) is 0.0769. The Morgan fingerprint density at radius 2 is 1.31 bits per heavy atom. The first-order chi connectivity index (χ1) is 20.6. The van der Waals surface area contributed by atoms with E-state index >= 15 is 0 Å². The number of benzene rings is 6. The molecule has 3 heteroatoms. The summed E-state index contributed by atoms with van der Waals surface area (Å²) in [5.41, 5.74) is 10.2. The van der Waals surface area contributed by atoms with Gasteiger partial charge in [-0.05, 0) is 52.2 Å². The molecule has 0 amide bonds. The number of hydrogen-bond donors (Lipinski definition) is 0. The van der Waals surface area contributed by atoms with Crippen LogP contribution in [0.2, 0.25) is 0 Å². The third-order valence-electron chi connectivity index (χ3n) is 9.15. The Morgan fingerprint density at radius 1 is 0.571 bits per heavy atom. The van der Waals surface area contributed by atoms with Crippen LogP contribution in [-0.4, -0.2) is 14.5 Å². The molecule has 8 aromatic rings. The largest absolute Gasteiger partial charge is 0.309 e. The van der Waals surface area contributed by atoms with Gasteiger partial charge in [0.2, 0.25) is 0 Å². The Morgan fingerprint density at radius 3 is 2.19 bits per heavy atom. The van der Waals surface area contributed by atoms with Crippen molar-refractivity contribution in [3.8, 4) is 28.3 Å². The zero-order chi connectivity index (χ0) is 28.0. The SMILES string of the molecule is CC1(C)c2ccccc2-n2c3ccc4ccccc4c3c3cc(-c4nc(-c5ccccc5)c5ccccc5n4)cc1c32. The number of aromatic nitrogens is 3. The van der Waals surface area contributed by atoms with Gasteiger partial charge in [-0.3, -0.25) is 0 Å². The van der Waals surface area contributed by atoms with E-state index in [9.17, 15) is 0 Å². The minimum absolute atomic E-state index is 0.204. The fourth-order valence-electron chi connectivity index (χ4n) is 7.14. The van der Waals surface area contributed by atoms with Crippen molar-refractivity contribution in [1.29, 1.82) is 0 Å². The predicted molar refractivity (Wildman–Crippen MR) is 174 cm³/mol. The Kier molecular flexibility index (Phi) is 4.67. The summed E-state index contributed by atoms with van der Waals surface area (Å²) >= 11 is 0. The molecule has 0 saturated heterocycles. The highest BCUT2D eigenvalue weighted by atomic mass is 15.0. The quantitative estimate of drug-likeness (QED) is 0.220. The molecular formula is C39H27N3. The summed E-state index contributed by atoms with van der Waals surface area (Å²) in [4.78, 5) is 10.4. The Hall–Kier alpha value is -5.28. The number of hydrogen-bond acceptors (Lipinski definition) is 2. The van der Waals surface area contributed by atoms with E-state index in [0.29, 0.717) is 0 Å². The van der Waals surface area contributed by atoms with Crippen molar-refractivity contribution in [3.05, 3.63) is 139 Å². The molecule has 0 fully saturated rings. The molecule has 9 rings (SSSR count). The van der Waals surface area contributed by atoms with Gasteiger partial charge in [0, 0.05) is 32.7 Å². The highest BCUT2D eigenvalue weighted by molar-refractivity contribution is 6.23. The monoisotopic (exact) mass is 537 g/mol. The second-order valence-corrected chi connectivity index (χ2v) is 11.9. The molecule has 3 nitrogen and oxygen atoms in total. The molecule has 0 radical (unpaired) electrons. The maximum Gasteiger partial charge on any atom is 0.160 e. The maximum absolute atomic E-state index is 5.26. The van der Waals surface area contributed by atoms with E-state index < -0.39 is 0 Å². The van der Waals surface area contributed by atoms with E-state index in [2.05, 4.69) is 140 Å². The maximum atomic E-state index is 5.26. The van der Waals surface area contributed by atoms with Crippen LogP contribution in [0.25, 0.3) is 71.8 Å². The molecule has 2 aromatic heterocycles. The van der Waals surface area contributed by atoms with Crippen LogP contribution in [0.5, 0.6) is 0 Å². The van der Waals surface area contributed by atoms with Gasteiger partial charge in [0.1, 0.15) is 0 Å². The first-order valence-electron chi connectivity index (χ1n) is 14.5. The van der Waals surface area contributed by atoms with Crippen LogP contribution in [0.1, 0.15) is 25.0 Å². The molecule has 6 aromatic carbocycles. The molecule has 0 aliphatic carbocycles. The Labute approximate surface area is 243 Å². The predicted octanol–water partition coefficient (Wildman–Crippen LogP) is 9.85. The fourth-order valence-corrected chi connectivity index (χ4v) is 7.14. The molecule has 0 N–H and O–H groups in total. The van der Waals surface area contributed by atoms with Gasteiger partial charge in [0.15, 0.2) is 5.82 Å². The third-order valence-corrected chi connectivity index (χ3v) is 9.15. The summed E-state index contributed by atoms with van der Waals surface area (Å²) in [5, 5.41) is 6.10. The van der Waals surface area contributed by atoms with Gasteiger partial charge < -0.3 is 4.57 Å². The molecule has 0 unspecified atom stereocenters. The standard InChI is InChI=1S/C39H27N3/c1-39(2)30-17-9-11-19-33(30)42-34-21-20-24-12-6-7-15-27(24)35(34)29-22-26(23-31(39)37(29)42)38-40-32-18-10-8-16-28(32)36(41-38)25-13-4-3-5-14-25/h3-23H,1-2H3. The van der Waals surface area contributed by atoms with Crippen molar-refractivity contribution in [2.24, 2.45) is 0 Å². The average Bonchev–Trinajstić information content (AvgIpc) is 3.38. The van der Waals surface area contributed by atoms with E-state index in [4.69, 9.17) is 9.97 Å². The molecule has 42 heavy (non-hydrogen) atoms. The zero-order valence-electron chi connectivity index (χ0n) is 23.5. The van der Waals surface area contributed by atoms with Crippen molar-refractivity contribution in [2.75, 3.05) is 0 Å². The van der Waals surface area contributed by atoms with Crippen molar-refractivity contribution in [1.82, 2.24) is 14.5 Å². The molecule has 0 atom stereocenters. The van der Waals surface area contributed by atoms with Crippen molar-refractivity contribution in [2.45, 2.75) is 19.3 Å². The van der Waals surface area contributed by atoms with Crippen LogP contribution in [0.4, 0.5) is 0 Å². The summed E-state index contributed by atoms with van der Waals surface area (Å²) in [5.74, 6) is 0.751. The second kappa shape index (κ2) is 8.37. The van der Waals surface area contributed by atoms with Crippen LogP contribution in [0, 0.1) is 0 Å². The number of nitrogens with zero attached hydrogens (tertiary/aromatic N) is 3. The smallest absolute Gasteiger partial charge is 0.160 e. The normalized spacial score (nSPS) is 13.7. The molecule has 198 valence electrons. The van der Waals surface area contributed by atoms with E-state index in [-0.39, 0.29) is 5.41 Å². The van der Waals surface area contributed by atoms with Crippen molar-refractivity contribution >= 4 is 43.5 Å². The van der Waals surface area contributed by atoms with Gasteiger partial charge in [-0.2, -0.15) is 0 Å². The van der Waals surface area contributed by atoms with Crippen LogP contribution in [0.15, 0.2) is 127 Å². The minimum atomic E-state index is -0.204. The minimum Gasteiger partial charge on any atom is -0.309 e. The van der Waals surface area contributed by atoms with Crippen LogP contribution >= 0.6 is 0 Å². The first-order valence-corrected chi connectivity index (χ1v) is 14.5. The molecule has 1 aliphatic rings. The lowest BCUT2D eigenvalue weighted by Crippen LogP contribution is -2.26. The third kappa shape index (κ3) is 3.11. The lowest BCUT2D eigenvalue weighted by atomic mass is 9.74. The van der Waals surface area contributed by atoms with Gasteiger partial charge in [-0.15, -0.1) is 0 Å². The lowest BCUT2D eigenvalue weighted by molar-refractivity contribution is 0.630. The van der Waals surface area contributed by atoms with Crippen LogP contribution < -0.4 is 0 Å². The molecular weight excluding hydrogens is 510 g/mol. The summed E-state index contributed by atoms with van der Waals surface area (Å²) in [6.45, 7) is 4.70. The van der Waals surface area contributed by atoms with Crippen molar-refractivity contribution < 1.29 is 0 Å². The summed E-state index contributed by atoms with van der Waals surface area (Å²) in [6.07, 6.45) is 0. The van der Waals surface area contributed by atoms with E-state index in [1.807, 2.05) is 6.07 Å². The number of fused-ring (bicyclic) bond motifs is 8. The van der Waals surface area contributed by atoms with Crippen LogP contribution in [-0.2, 0) is 5.41 Å². The topological polar surface area (TPSA) is 30.7 Å². The highest BCUT2D eigenvalue weighted by Crippen LogP contribution is 2.50. The molecule has 0 saturated carbocycles. The van der Waals surface area contributed by atoms with E-state index in [1.54, 1.807) is 0 Å². The first kappa shape index (κ1) is 23.4. The molecule has 0 spiro atoms. The van der Waals surface area contributed by atoms with E-state index in [0.717, 1.165) is 33.5 Å². The zero-order valence-corrected chi connectivity index (χ0v) is 23.5. The summed E-state index contributed by atoms with van der Waals surface area (Å²) in [6, 6.07) is 45.6. The Bertz CT molecular complexity index is 2380. The summed E-state index contributed by atoms with van der Waals surface area (Å²) in [7, 11) is 0. The van der Waals surface area contributed by atoms with Gasteiger partial charge >= 0.3 is 0 Å². The number of para-hydroxylation sites is 2. The van der Waals surface area contributed by atoms with Gasteiger partial charge in [0.25, 0.3) is 0 Å². The molecule has 0 bridgehead atoms. The molecule has 3 heterocycles. The van der Waals surface area contributed by atoms with Gasteiger partial charge in [-0.1, -0.05) is 111 Å². The highest BCUT2D eigenvalue weighted by Gasteiger charge is 2.36.